The van der Waals surface area contributed by atoms with Gasteiger partial charge in [0.2, 0.25) is 5.89 Å². The quantitative estimate of drug-likeness (QED) is 0.656. The van der Waals surface area contributed by atoms with Crippen LogP contribution < -0.4 is 5.73 Å². The number of hydrogen-bond donors (Lipinski definition) is 1. The number of aromatic nitrogens is 2. The van der Waals surface area contributed by atoms with Gasteiger partial charge in [-0.3, -0.25) is 0 Å². The minimum Gasteiger partial charge on any atom is -0.339 e. The minimum absolute atomic E-state index is 0.285. The molecule has 0 aliphatic carbocycles. The Balaban J connectivity index is 2.78. The second-order valence-corrected chi connectivity index (χ2v) is 2.41. The van der Waals surface area contributed by atoms with E-state index in [-0.39, 0.29) is 5.92 Å². The summed E-state index contributed by atoms with van der Waals surface area (Å²) in [4.78, 5) is 4.03. The van der Waals surface area contributed by atoms with E-state index in [0.29, 0.717) is 18.3 Å². The maximum absolute atomic E-state index is 5.28. The molecule has 0 radical (unpaired) electrons. The highest BCUT2D eigenvalue weighted by Crippen LogP contribution is 2.09. The van der Waals surface area contributed by atoms with Crippen molar-refractivity contribution in [2.45, 2.75) is 26.3 Å². The molecule has 0 bridgehead atoms. The van der Waals surface area contributed by atoms with E-state index < -0.39 is 0 Å². The zero-order chi connectivity index (χ0) is 7.56. The molecular weight excluding hydrogens is 130 g/mol. The molecule has 0 spiro atoms. The highest BCUT2D eigenvalue weighted by Gasteiger charge is 2.07. The van der Waals surface area contributed by atoms with Crippen LogP contribution in [0.3, 0.4) is 0 Å². The molecular formula is C6H11N3O. The van der Waals surface area contributed by atoms with Gasteiger partial charge in [-0.25, -0.2) is 0 Å². The summed E-state index contributed by atoms with van der Waals surface area (Å²) >= 11 is 0. The average Bonchev–Trinajstić information content (AvgIpc) is 2.34. The van der Waals surface area contributed by atoms with Crippen LogP contribution in [-0.2, 0) is 6.54 Å². The van der Waals surface area contributed by atoms with E-state index in [1.807, 2.05) is 13.8 Å². The van der Waals surface area contributed by atoms with Gasteiger partial charge in [0.1, 0.15) is 0 Å². The lowest BCUT2D eigenvalue weighted by Crippen LogP contribution is -1.98. The zero-order valence-corrected chi connectivity index (χ0v) is 6.16. The standard InChI is InChI=1S/C6H11N3O/c1-4(2)6-8-5(3-7)9-10-6/h4H,3,7H2,1-2H3. The Morgan fingerprint density at radius 1 is 1.60 bits per heavy atom. The summed E-state index contributed by atoms with van der Waals surface area (Å²) in [5.41, 5.74) is 5.28. The molecule has 1 heterocycles. The van der Waals surface area contributed by atoms with Crippen molar-refractivity contribution in [3.05, 3.63) is 11.7 Å². The highest BCUT2D eigenvalue weighted by atomic mass is 16.5. The Kier molecular flexibility index (Phi) is 2.01. The van der Waals surface area contributed by atoms with Gasteiger partial charge in [0.15, 0.2) is 5.82 Å². The molecule has 1 aromatic rings. The van der Waals surface area contributed by atoms with Gasteiger partial charge in [0.05, 0.1) is 6.54 Å². The summed E-state index contributed by atoms with van der Waals surface area (Å²) in [6.45, 7) is 4.33. The van der Waals surface area contributed by atoms with Crippen molar-refractivity contribution in [3.63, 3.8) is 0 Å². The predicted octanol–water partition coefficient (Wildman–Crippen LogP) is 0.652. The van der Waals surface area contributed by atoms with Crippen molar-refractivity contribution in [1.82, 2.24) is 10.1 Å². The molecule has 10 heavy (non-hydrogen) atoms. The van der Waals surface area contributed by atoms with Crippen molar-refractivity contribution in [1.29, 1.82) is 0 Å². The maximum atomic E-state index is 5.28. The van der Waals surface area contributed by atoms with Gasteiger partial charge in [0, 0.05) is 5.92 Å². The van der Waals surface area contributed by atoms with Crippen molar-refractivity contribution in [2.24, 2.45) is 5.73 Å². The molecule has 4 nitrogen and oxygen atoms in total. The molecule has 0 saturated carbocycles. The van der Waals surface area contributed by atoms with E-state index in [9.17, 15) is 0 Å². The zero-order valence-electron chi connectivity index (χ0n) is 6.16. The Labute approximate surface area is 59.4 Å². The maximum Gasteiger partial charge on any atom is 0.229 e. The van der Waals surface area contributed by atoms with Gasteiger partial charge in [-0.05, 0) is 0 Å². The summed E-state index contributed by atoms with van der Waals surface area (Å²) in [5, 5.41) is 3.64. The largest absolute Gasteiger partial charge is 0.339 e. The Morgan fingerprint density at radius 3 is 2.60 bits per heavy atom. The third-order valence-corrected chi connectivity index (χ3v) is 1.16. The third-order valence-electron chi connectivity index (χ3n) is 1.16. The van der Waals surface area contributed by atoms with Crippen molar-refractivity contribution in [3.8, 4) is 0 Å². The first kappa shape index (κ1) is 7.21. The van der Waals surface area contributed by atoms with E-state index in [0.717, 1.165) is 0 Å². The Morgan fingerprint density at radius 2 is 2.30 bits per heavy atom. The predicted molar refractivity (Wildman–Crippen MR) is 36.3 cm³/mol. The van der Waals surface area contributed by atoms with Gasteiger partial charge in [-0.15, -0.1) is 0 Å². The summed E-state index contributed by atoms with van der Waals surface area (Å²) < 4.78 is 4.88. The van der Waals surface area contributed by atoms with Gasteiger partial charge < -0.3 is 10.3 Å². The molecule has 0 aliphatic rings. The van der Waals surface area contributed by atoms with E-state index in [2.05, 4.69) is 10.1 Å². The molecule has 1 aromatic heterocycles. The molecule has 0 fully saturated rings. The number of nitrogens with two attached hydrogens (primary N) is 1. The first-order chi connectivity index (χ1) is 4.74. The second-order valence-electron chi connectivity index (χ2n) is 2.41. The highest BCUT2D eigenvalue weighted by molar-refractivity contribution is 4.89. The van der Waals surface area contributed by atoms with E-state index in [1.54, 1.807) is 0 Å². The summed E-state index contributed by atoms with van der Waals surface area (Å²) in [5.74, 6) is 1.51. The monoisotopic (exact) mass is 141 g/mol. The number of hydrogen-bond acceptors (Lipinski definition) is 4. The fourth-order valence-corrected chi connectivity index (χ4v) is 0.585. The first-order valence-corrected chi connectivity index (χ1v) is 3.26. The van der Waals surface area contributed by atoms with Crippen molar-refractivity contribution in [2.75, 3.05) is 0 Å². The molecule has 0 aromatic carbocycles. The molecule has 0 aliphatic heterocycles. The van der Waals surface area contributed by atoms with Gasteiger partial charge >= 0.3 is 0 Å². The molecule has 4 heteroatoms. The summed E-state index contributed by atoms with van der Waals surface area (Å²) in [7, 11) is 0. The molecule has 1 rings (SSSR count). The van der Waals surface area contributed by atoms with Crippen LogP contribution in [0.1, 0.15) is 31.5 Å². The van der Waals surface area contributed by atoms with Crippen molar-refractivity contribution >= 4 is 0 Å². The lowest BCUT2D eigenvalue weighted by atomic mass is 10.2. The van der Waals surface area contributed by atoms with Crippen LogP contribution in [0.15, 0.2) is 4.52 Å². The minimum atomic E-state index is 0.285. The second kappa shape index (κ2) is 2.79. The SMILES string of the molecule is CC(C)c1nc(CN)no1. The lowest BCUT2D eigenvalue weighted by Gasteiger charge is -1.91. The van der Waals surface area contributed by atoms with E-state index in [4.69, 9.17) is 10.3 Å². The third kappa shape index (κ3) is 1.33. The smallest absolute Gasteiger partial charge is 0.229 e. The Hall–Kier alpha value is -0.900. The van der Waals surface area contributed by atoms with Crippen LogP contribution in [0.25, 0.3) is 0 Å². The van der Waals surface area contributed by atoms with Crippen LogP contribution in [0, 0.1) is 0 Å². The lowest BCUT2D eigenvalue weighted by molar-refractivity contribution is 0.361. The molecule has 0 amide bonds. The average molecular weight is 141 g/mol. The molecule has 0 unspecified atom stereocenters. The van der Waals surface area contributed by atoms with E-state index in [1.165, 1.54) is 0 Å². The topological polar surface area (TPSA) is 64.9 Å². The van der Waals surface area contributed by atoms with E-state index >= 15 is 0 Å². The number of nitrogens with zero attached hydrogens (tertiary/aromatic N) is 2. The molecule has 56 valence electrons. The van der Waals surface area contributed by atoms with Crippen LogP contribution >= 0.6 is 0 Å². The molecule has 0 atom stereocenters. The van der Waals surface area contributed by atoms with Gasteiger partial charge in [0.25, 0.3) is 0 Å². The normalized spacial score (nSPS) is 10.8. The van der Waals surface area contributed by atoms with Crippen LogP contribution in [0.5, 0.6) is 0 Å². The van der Waals surface area contributed by atoms with Crippen molar-refractivity contribution < 1.29 is 4.52 Å². The van der Waals surface area contributed by atoms with Gasteiger partial charge in [-0.2, -0.15) is 4.98 Å². The number of rotatable bonds is 2. The fraction of sp³-hybridized carbons (Fsp3) is 0.667. The first-order valence-electron chi connectivity index (χ1n) is 3.26. The summed E-state index contributed by atoms with van der Waals surface area (Å²) in [6, 6.07) is 0. The van der Waals surface area contributed by atoms with Crippen LogP contribution in [0.4, 0.5) is 0 Å². The molecule has 0 saturated heterocycles. The Bertz CT molecular complexity index is 207. The van der Waals surface area contributed by atoms with Crippen LogP contribution in [0.2, 0.25) is 0 Å². The van der Waals surface area contributed by atoms with Gasteiger partial charge in [-0.1, -0.05) is 19.0 Å². The summed E-state index contributed by atoms with van der Waals surface area (Å²) in [6.07, 6.45) is 0. The van der Waals surface area contributed by atoms with Crippen LogP contribution in [-0.4, -0.2) is 10.1 Å². The fourth-order valence-electron chi connectivity index (χ4n) is 0.585. The molecule has 2 N–H and O–H groups in total.